The van der Waals surface area contributed by atoms with Crippen LogP contribution in [0.2, 0.25) is 0 Å². The van der Waals surface area contributed by atoms with Gasteiger partial charge < -0.3 is 0 Å². The number of hydrogen-bond donors (Lipinski definition) is 0. The predicted molar refractivity (Wildman–Crippen MR) is 86.6 cm³/mol. The van der Waals surface area contributed by atoms with Crippen LogP contribution in [0.3, 0.4) is 0 Å². The first-order valence-electron chi connectivity index (χ1n) is 7.13. The number of likely N-dealkylation sites (tertiary alicyclic amines) is 1. The lowest BCUT2D eigenvalue weighted by Crippen LogP contribution is -2.33. The normalized spacial score (nSPS) is 17.9. The molecule has 0 N–H and O–H groups in total. The number of piperidine rings is 1. The summed E-state index contributed by atoms with van der Waals surface area (Å²) in [5.74, 6) is 3.26. The van der Waals surface area contributed by atoms with Crippen molar-refractivity contribution in [2.45, 2.75) is 17.7 Å². The maximum atomic E-state index is 11.4. The van der Waals surface area contributed by atoms with Crippen molar-refractivity contribution in [2.24, 2.45) is 5.92 Å². The molecule has 2 rings (SSSR count). The molecule has 1 aromatic carbocycles. The van der Waals surface area contributed by atoms with Gasteiger partial charge in [-0.05, 0) is 49.5 Å². The van der Waals surface area contributed by atoms with E-state index in [1.165, 1.54) is 6.26 Å². The Morgan fingerprint density at radius 1 is 1.29 bits per heavy atom. The van der Waals surface area contributed by atoms with Gasteiger partial charge in [-0.3, -0.25) is 4.90 Å². The van der Waals surface area contributed by atoms with E-state index in [2.05, 4.69) is 23.0 Å². The first-order valence-corrected chi connectivity index (χ1v) is 9.02. The van der Waals surface area contributed by atoms with Gasteiger partial charge >= 0.3 is 0 Å². The van der Waals surface area contributed by atoms with Gasteiger partial charge in [-0.1, -0.05) is 30.2 Å². The van der Waals surface area contributed by atoms with E-state index >= 15 is 0 Å². The van der Waals surface area contributed by atoms with Crippen LogP contribution >= 0.6 is 0 Å². The Morgan fingerprint density at radius 2 is 1.90 bits per heavy atom. The Bertz CT molecular complexity index is 630. The fourth-order valence-electron chi connectivity index (χ4n) is 2.51. The van der Waals surface area contributed by atoms with Crippen molar-refractivity contribution in [3.63, 3.8) is 0 Å². The number of nitrogens with zero attached hydrogens (tertiary/aromatic N) is 1. The monoisotopic (exact) mass is 303 g/mol. The summed E-state index contributed by atoms with van der Waals surface area (Å²) in [6.07, 6.45) is 13.1. The highest BCUT2D eigenvalue weighted by Crippen LogP contribution is 2.20. The second kappa shape index (κ2) is 6.93. The molecule has 1 aliphatic rings. The lowest BCUT2D eigenvalue weighted by atomic mass is 9.95. The highest BCUT2D eigenvalue weighted by molar-refractivity contribution is 7.90. The first-order chi connectivity index (χ1) is 9.99. The molecular weight excluding hydrogens is 282 g/mol. The summed E-state index contributed by atoms with van der Waals surface area (Å²) in [6.45, 7) is 2.84. The zero-order valence-electron chi connectivity index (χ0n) is 12.3. The van der Waals surface area contributed by atoms with Gasteiger partial charge in [0, 0.05) is 6.26 Å². The highest BCUT2D eigenvalue weighted by atomic mass is 32.2. The number of hydrogen-bond acceptors (Lipinski definition) is 3. The van der Waals surface area contributed by atoms with Gasteiger partial charge in [-0.25, -0.2) is 8.42 Å². The van der Waals surface area contributed by atoms with E-state index in [-0.39, 0.29) is 0 Å². The van der Waals surface area contributed by atoms with Gasteiger partial charge in [0.1, 0.15) is 0 Å². The van der Waals surface area contributed by atoms with Gasteiger partial charge in [0.2, 0.25) is 0 Å². The third-order valence-electron chi connectivity index (χ3n) is 3.82. The molecule has 0 spiro atoms. The standard InChI is InChI=1S/C17H21NO2S/c1-3-12-18-13-10-16(11-14-18)5-4-15-6-8-17(9-7-15)21(2,19)20/h1,4-9,16H,10-14H2,2H3/b5-4-. The van der Waals surface area contributed by atoms with Crippen LogP contribution in [0, 0.1) is 18.3 Å². The van der Waals surface area contributed by atoms with E-state index in [9.17, 15) is 8.42 Å². The summed E-state index contributed by atoms with van der Waals surface area (Å²) in [7, 11) is -3.11. The molecule has 1 fully saturated rings. The minimum Gasteiger partial charge on any atom is -0.292 e. The van der Waals surface area contributed by atoms with Crippen LogP contribution in [0.5, 0.6) is 0 Å². The van der Waals surface area contributed by atoms with Crippen molar-refractivity contribution >= 4 is 15.9 Å². The van der Waals surface area contributed by atoms with Gasteiger partial charge in [-0.15, -0.1) is 6.42 Å². The van der Waals surface area contributed by atoms with Crippen molar-refractivity contribution in [1.82, 2.24) is 4.90 Å². The molecule has 0 aromatic heterocycles. The quantitative estimate of drug-likeness (QED) is 0.802. The average Bonchev–Trinajstić information content (AvgIpc) is 2.46. The van der Waals surface area contributed by atoms with E-state index in [1.54, 1.807) is 12.1 Å². The van der Waals surface area contributed by atoms with Crippen molar-refractivity contribution in [2.75, 3.05) is 25.9 Å². The summed E-state index contributed by atoms with van der Waals surface area (Å²) in [4.78, 5) is 2.66. The Morgan fingerprint density at radius 3 is 2.43 bits per heavy atom. The van der Waals surface area contributed by atoms with Crippen LogP contribution in [0.25, 0.3) is 6.08 Å². The minimum absolute atomic E-state index is 0.363. The van der Waals surface area contributed by atoms with Crippen LogP contribution in [-0.4, -0.2) is 39.2 Å². The number of sulfone groups is 1. The molecule has 0 unspecified atom stereocenters. The fourth-order valence-corrected chi connectivity index (χ4v) is 3.14. The van der Waals surface area contributed by atoms with E-state index < -0.39 is 9.84 Å². The molecule has 0 amide bonds. The molecule has 1 aliphatic heterocycles. The largest absolute Gasteiger partial charge is 0.292 e. The molecule has 3 nitrogen and oxygen atoms in total. The van der Waals surface area contributed by atoms with Gasteiger partial charge in [0.15, 0.2) is 9.84 Å². The third-order valence-corrected chi connectivity index (χ3v) is 4.94. The SMILES string of the molecule is C#CCN1CCC(/C=C\c2ccc(S(C)(=O)=O)cc2)CC1. The molecule has 1 aromatic rings. The Kier molecular flexibility index (Phi) is 5.22. The summed E-state index contributed by atoms with van der Waals surface area (Å²) in [6, 6.07) is 7.01. The van der Waals surface area contributed by atoms with Crippen LogP contribution < -0.4 is 0 Å². The van der Waals surface area contributed by atoms with E-state index in [4.69, 9.17) is 6.42 Å². The highest BCUT2D eigenvalue weighted by Gasteiger charge is 2.15. The molecule has 21 heavy (non-hydrogen) atoms. The molecule has 0 bridgehead atoms. The maximum Gasteiger partial charge on any atom is 0.175 e. The summed E-state index contributed by atoms with van der Waals surface area (Å²) in [5.41, 5.74) is 1.04. The molecule has 4 heteroatoms. The summed E-state index contributed by atoms with van der Waals surface area (Å²) >= 11 is 0. The summed E-state index contributed by atoms with van der Waals surface area (Å²) < 4.78 is 22.8. The second-order valence-electron chi connectivity index (χ2n) is 5.52. The topological polar surface area (TPSA) is 37.4 Å². The zero-order valence-corrected chi connectivity index (χ0v) is 13.1. The lowest BCUT2D eigenvalue weighted by Gasteiger charge is -2.28. The molecule has 112 valence electrons. The molecular formula is C17H21NO2S. The van der Waals surface area contributed by atoms with E-state index in [1.807, 2.05) is 12.1 Å². The van der Waals surface area contributed by atoms with Crippen LogP contribution in [-0.2, 0) is 9.84 Å². The third kappa shape index (κ3) is 4.73. The molecule has 1 heterocycles. The number of rotatable bonds is 4. The Balaban J connectivity index is 1.92. The number of terminal acetylenes is 1. The predicted octanol–water partition coefficient (Wildman–Crippen LogP) is 2.45. The Labute approximate surface area is 127 Å². The smallest absolute Gasteiger partial charge is 0.175 e. The van der Waals surface area contributed by atoms with Crippen molar-refractivity contribution < 1.29 is 8.42 Å². The second-order valence-corrected chi connectivity index (χ2v) is 7.53. The lowest BCUT2D eigenvalue weighted by molar-refractivity contribution is 0.226. The van der Waals surface area contributed by atoms with Crippen molar-refractivity contribution in [1.29, 1.82) is 0 Å². The van der Waals surface area contributed by atoms with Crippen molar-refractivity contribution in [3.05, 3.63) is 35.9 Å². The average molecular weight is 303 g/mol. The molecule has 1 saturated heterocycles. The van der Waals surface area contributed by atoms with Gasteiger partial charge in [0.05, 0.1) is 11.4 Å². The minimum atomic E-state index is -3.11. The van der Waals surface area contributed by atoms with E-state index in [0.29, 0.717) is 10.8 Å². The fraction of sp³-hybridized carbons (Fsp3) is 0.412. The van der Waals surface area contributed by atoms with Gasteiger partial charge in [0.25, 0.3) is 0 Å². The zero-order chi connectivity index (χ0) is 15.3. The maximum absolute atomic E-state index is 11.4. The van der Waals surface area contributed by atoms with E-state index in [0.717, 1.165) is 38.0 Å². The molecule has 0 saturated carbocycles. The molecule has 0 atom stereocenters. The number of allylic oxidation sites excluding steroid dienone is 1. The molecule has 0 aliphatic carbocycles. The molecule has 0 radical (unpaired) electrons. The summed E-state index contributed by atoms with van der Waals surface area (Å²) in [5, 5.41) is 0. The van der Waals surface area contributed by atoms with Crippen molar-refractivity contribution in [3.8, 4) is 12.3 Å². The van der Waals surface area contributed by atoms with Crippen LogP contribution in [0.1, 0.15) is 18.4 Å². The number of benzene rings is 1. The van der Waals surface area contributed by atoms with Crippen LogP contribution in [0.4, 0.5) is 0 Å². The van der Waals surface area contributed by atoms with Crippen LogP contribution in [0.15, 0.2) is 35.2 Å². The first kappa shape index (κ1) is 15.8. The Hall–Kier alpha value is -1.57. The van der Waals surface area contributed by atoms with Gasteiger partial charge in [-0.2, -0.15) is 0 Å².